The van der Waals surface area contributed by atoms with Gasteiger partial charge in [0.25, 0.3) is 0 Å². The zero-order chi connectivity index (χ0) is 15.2. The highest BCUT2D eigenvalue weighted by Crippen LogP contribution is 2.46. The Bertz CT molecular complexity index is 261. The van der Waals surface area contributed by atoms with Crippen molar-refractivity contribution in [3.8, 4) is 0 Å². The average molecular weight is 284 g/mol. The zero-order valence-corrected chi connectivity index (χ0v) is 14.6. The molecular formula is C18H36O2. The maximum atomic E-state index is 5.65. The van der Waals surface area contributed by atoms with Crippen molar-refractivity contribution in [3.05, 3.63) is 0 Å². The van der Waals surface area contributed by atoms with Crippen LogP contribution in [0.25, 0.3) is 0 Å². The maximum Gasteiger partial charge on any atom is 0.0543 e. The molecule has 0 radical (unpaired) electrons. The van der Waals surface area contributed by atoms with Gasteiger partial charge in [-0.1, -0.05) is 47.0 Å². The smallest absolute Gasteiger partial charge is 0.0543 e. The van der Waals surface area contributed by atoms with Crippen molar-refractivity contribution in [2.24, 2.45) is 22.7 Å². The van der Waals surface area contributed by atoms with Gasteiger partial charge < -0.3 is 9.47 Å². The molecule has 0 heterocycles. The summed E-state index contributed by atoms with van der Waals surface area (Å²) in [6.45, 7) is 11.1. The summed E-state index contributed by atoms with van der Waals surface area (Å²) >= 11 is 0. The van der Waals surface area contributed by atoms with Crippen LogP contribution >= 0.6 is 0 Å². The van der Waals surface area contributed by atoms with Crippen LogP contribution in [0.1, 0.15) is 66.2 Å². The van der Waals surface area contributed by atoms with E-state index < -0.39 is 0 Å². The van der Waals surface area contributed by atoms with E-state index >= 15 is 0 Å². The van der Waals surface area contributed by atoms with E-state index in [-0.39, 0.29) is 5.41 Å². The van der Waals surface area contributed by atoms with Crippen LogP contribution in [0.2, 0.25) is 0 Å². The van der Waals surface area contributed by atoms with E-state index in [1.54, 1.807) is 0 Å². The van der Waals surface area contributed by atoms with Gasteiger partial charge in [-0.15, -0.1) is 0 Å². The number of ether oxygens (including phenoxy) is 2. The van der Waals surface area contributed by atoms with Crippen LogP contribution in [0.15, 0.2) is 0 Å². The predicted molar refractivity (Wildman–Crippen MR) is 86.0 cm³/mol. The third-order valence-electron chi connectivity index (χ3n) is 5.13. The van der Waals surface area contributed by atoms with Crippen LogP contribution < -0.4 is 0 Å². The normalized spacial score (nSPS) is 24.9. The molecule has 1 aliphatic carbocycles. The molecule has 0 bridgehead atoms. The standard InChI is InChI=1S/C18H36O2/c1-15-9-7-8-10-16(15)18(13-19-5,14-20-6)12-11-17(2,3)4/h15-16H,7-14H2,1-6H3. The molecule has 0 aliphatic heterocycles. The third kappa shape index (κ3) is 5.04. The molecular weight excluding hydrogens is 248 g/mol. The van der Waals surface area contributed by atoms with Gasteiger partial charge in [-0.3, -0.25) is 0 Å². The molecule has 1 rings (SSSR count). The minimum atomic E-state index is 0.205. The highest BCUT2D eigenvalue weighted by atomic mass is 16.5. The van der Waals surface area contributed by atoms with E-state index in [1.165, 1.54) is 38.5 Å². The second kappa shape index (κ2) is 7.79. The number of methoxy groups -OCH3 is 2. The Balaban J connectivity index is 2.89. The van der Waals surface area contributed by atoms with E-state index in [0.29, 0.717) is 5.41 Å². The van der Waals surface area contributed by atoms with E-state index in [1.807, 2.05) is 14.2 Å². The molecule has 0 aromatic heterocycles. The molecule has 0 aromatic rings. The molecule has 2 atom stereocenters. The molecule has 20 heavy (non-hydrogen) atoms. The largest absolute Gasteiger partial charge is 0.384 e. The van der Waals surface area contributed by atoms with Crippen molar-refractivity contribution >= 4 is 0 Å². The average Bonchev–Trinajstić information content (AvgIpc) is 2.36. The Morgan fingerprint density at radius 3 is 1.90 bits per heavy atom. The van der Waals surface area contributed by atoms with Gasteiger partial charge in [-0.05, 0) is 36.5 Å². The van der Waals surface area contributed by atoms with Gasteiger partial charge in [0.05, 0.1) is 13.2 Å². The monoisotopic (exact) mass is 284 g/mol. The van der Waals surface area contributed by atoms with Crippen LogP contribution in [0.3, 0.4) is 0 Å². The molecule has 0 spiro atoms. The minimum Gasteiger partial charge on any atom is -0.384 e. The van der Waals surface area contributed by atoms with Crippen molar-refractivity contribution in [1.82, 2.24) is 0 Å². The molecule has 2 nitrogen and oxygen atoms in total. The summed E-state index contributed by atoms with van der Waals surface area (Å²) in [6.07, 6.45) is 7.94. The molecule has 0 aromatic carbocycles. The van der Waals surface area contributed by atoms with Crippen molar-refractivity contribution in [2.75, 3.05) is 27.4 Å². The predicted octanol–water partition coefficient (Wildman–Crippen LogP) is 4.92. The molecule has 2 heteroatoms. The number of hydrogen-bond donors (Lipinski definition) is 0. The number of hydrogen-bond acceptors (Lipinski definition) is 2. The molecule has 2 unspecified atom stereocenters. The molecule has 0 N–H and O–H groups in total. The van der Waals surface area contributed by atoms with Gasteiger partial charge in [-0.25, -0.2) is 0 Å². The fraction of sp³-hybridized carbons (Fsp3) is 1.00. The molecule has 120 valence electrons. The van der Waals surface area contributed by atoms with Gasteiger partial charge in [0.1, 0.15) is 0 Å². The first kappa shape index (κ1) is 18.0. The lowest BCUT2D eigenvalue weighted by Gasteiger charge is -2.46. The van der Waals surface area contributed by atoms with Crippen molar-refractivity contribution in [2.45, 2.75) is 66.2 Å². The van der Waals surface area contributed by atoms with Crippen LogP contribution in [-0.4, -0.2) is 27.4 Å². The van der Waals surface area contributed by atoms with Crippen molar-refractivity contribution in [1.29, 1.82) is 0 Å². The summed E-state index contributed by atoms with van der Waals surface area (Å²) in [5, 5.41) is 0. The minimum absolute atomic E-state index is 0.205. The van der Waals surface area contributed by atoms with Crippen molar-refractivity contribution < 1.29 is 9.47 Å². The van der Waals surface area contributed by atoms with Gasteiger partial charge in [-0.2, -0.15) is 0 Å². The summed E-state index contributed by atoms with van der Waals surface area (Å²) < 4.78 is 11.3. The SMILES string of the molecule is COCC(CCC(C)(C)C)(COC)C1CCCCC1C. The lowest BCUT2D eigenvalue weighted by atomic mass is 9.62. The van der Waals surface area contributed by atoms with E-state index in [9.17, 15) is 0 Å². The number of rotatable bonds is 7. The molecule has 1 fully saturated rings. The molecule has 0 amide bonds. The van der Waals surface area contributed by atoms with Gasteiger partial charge in [0.2, 0.25) is 0 Å². The Hall–Kier alpha value is -0.0800. The fourth-order valence-electron chi connectivity index (χ4n) is 4.01. The first-order valence-corrected chi connectivity index (χ1v) is 8.32. The van der Waals surface area contributed by atoms with E-state index in [4.69, 9.17) is 9.47 Å². The maximum absolute atomic E-state index is 5.65. The van der Waals surface area contributed by atoms with E-state index in [2.05, 4.69) is 27.7 Å². The lowest BCUT2D eigenvalue weighted by molar-refractivity contribution is -0.0673. The quantitative estimate of drug-likeness (QED) is 0.660. The molecule has 1 saturated carbocycles. The summed E-state index contributed by atoms with van der Waals surface area (Å²) in [5.41, 5.74) is 0.585. The first-order valence-electron chi connectivity index (χ1n) is 8.32. The Labute approximate surface area is 126 Å². The lowest BCUT2D eigenvalue weighted by Crippen LogP contribution is -2.44. The highest BCUT2D eigenvalue weighted by molar-refractivity contribution is 4.92. The zero-order valence-electron chi connectivity index (χ0n) is 14.6. The second-order valence-electron chi connectivity index (χ2n) is 8.16. The fourth-order valence-corrected chi connectivity index (χ4v) is 4.01. The van der Waals surface area contributed by atoms with Gasteiger partial charge in [0.15, 0.2) is 0 Å². The van der Waals surface area contributed by atoms with Crippen LogP contribution in [-0.2, 0) is 9.47 Å². The summed E-state index contributed by atoms with van der Waals surface area (Å²) in [5.74, 6) is 1.55. The molecule has 0 saturated heterocycles. The van der Waals surface area contributed by atoms with E-state index in [0.717, 1.165) is 25.0 Å². The summed E-state index contributed by atoms with van der Waals surface area (Å²) in [4.78, 5) is 0. The van der Waals surface area contributed by atoms with Gasteiger partial charge >= 0.3 is 0 Å². The Morgan fingerprint density at radius 2 is 1.45 bits per heavy atom. The Morgan fingerprint density at radius 1 is 0.900 bits per heavy atom. The summed E-state index contributed by atoms with van der Waals surface area (Å²) in [7, 11) is 3.68. The van der Waals surface area contributed by atoms with Crippen molar-refractivity contribution in [3.63, 3.8) is 0 Å². The first-order chi connectivity index (χ1) is 9.34. The van der Waals surface area contributed by atoms with Crippen LogP contribution in [0, 0.1) is 22.7 Å². The molecule has 1 aliphatic rings. The van der Waals surface area contributed by atoms with Crippen LogP contribution in [0.5, 0.6) is 0 Å². The Kier molecular flexibility index (Phi) is 7.00. The second-order valence-corrected chi connectivity index (χ2v) is 8.16. The third-order valence-corrected chi connectivity index (χ3v) is 5.13. The highest BCUT2D eigenvalue weighted by Gasteiger charge is 2.42. The van der Waals surface area contributed by atoms with Gasteiger partial charge in [0, 0.05) is 19.6 Å². The summed E-state index contributed by atoms with van der Waals surface area (Å²) in [6, 6.07) is 0. The topological polar surface area (TPSA) is 18.5 Å². The van der Waals surface area contributed by atoms with Crippen LogP contribution in [0.4, 0.5) is 0 Å².